The number of carbonyl (C=O) groups is 1. The number of methoxy groups -OCH3 is 1. The van der Waals surface area contributed by atoms with Crippen molar-refractivity contribution in [3.8, 4) is 5.88 Å². The number of nitrogens with zero attached hydrogens (tertiary/aromatic N) is 2. The van der Waals surface area contributed by atoms with E-state index in [1.807, 2.05) is 0 Å². The summed E-state index contributed by atoms with van der Waals surface area (Å²) in [6.07, 6.45) is 1.26. The normalized spacial score (nSPS) is 10.4. The molecule has 0 aliphatic heterocycles. The lowest BCUT2D eigenvalue weighted by Crippen LogP contribution is -2.14. The number of hydrogen-bond donors (Lipinski definition) is 1. The maximum absolute atomic E-state index is 11.6. The highest BCUT2D eigenvalue weighted by Crippen LogP contribution is 2.16. The standard InChI is InChI=1S/C11H16ClN3O2/c1-7(2)4-5-9(16)14-11-13-8(12)6-10(15-11)17-3/h6-7H,4-5H2,1-3H3,(H,13,14,15,16). The van der Waals surface area contributed by atoms with Gasteiger partial charge in [0, 0.05) is 12.5 Å². The first-order chi connectivity index (χ1) is 8.01. The summed E-state index contributed by atoms with van der Waals surface area (Å²) in [4.78, 5) is 19.4. The first-order valence-electron chi connectivity index (χ1n) is 5.39. The van der Waals surface area contributed by atoms with Crippen LogP contribution in [0.4, 0.5) is 5.95 Å². The van der Waals surface area contributed by atoms with Crippen LogP contribution in [0.3, 0.4) is 0 Å². The molecule has 17 heavy (non-hydrogen) atoms. The number of anilines is 1. The fourth-order valence-corrected chi connectivity index (χ4v) is 1.34. The number of amides is 1. The summed E-state index contributed by atoms with van der Waals surface area (Å²) in [5.74, 6) is 0.853. The lowest BCUT2D eigenvalue weighted by atomic mass is 10.1. The SMILES string of the molecule is COc1cc(Cl)nc(NC(=O)CCC(C)C)n1. The highest BCUT2D eigenvalue weighted by atomic mass is 35.5. The molecule has 0 aromatic carbocycles. The second kappa shape index (κ2) is 6.39. The van der Waals surface area contributed by atoms with Crippen LogP contribution in [0.25, 0.3) is 0 Å². The van der Waals surface area contributed by atoms with Crippen molar-refractivity contribution < 1.29 is 9.53 Å². The van der Waals surface area contributed by atoms with Crippen LogP contribution in [0.2, 0.25) is 5.15 Å². The number of ether oxygens (including phenoxy) is 1. The molecule has 94 valence electrons. The third-order valence-electron chi connectivity index (χ3n) is 2.08. The molecule has 0 atom stereocenters. The van der Waals surface area contributed by atoms with E-state index in [1.54, 1.807) is 0 Å². The number of halogens is 1. The average molecular weight is 258 g/mol. The van der Waals surface area contributed by atoms with Gasteiger partial charge >= 0.3 is 0 Å². The lowest BCUT2D eigenvalue weighted by Gasteiger charge is -2.07. The van der Waals surface area contributed by atoms with Crippen molar-refractivity contribution in [1.29, 1.82) is 0 Å². The molecule has 0 saturated heterocycles. The first-order valence-corrected chi connectivity index (χ1v) is 5.77. The van der Waals surface area contributed by atoms with Gasteiger partial charge in [0.25, 0.3) is 0 Å². The third-order valence-corrected chi connectivity index (χ3v) is 2.27. The fraction of sp³-hybridized carbons (Fsp3) is 0.545. The number of carbonyl (C=O) groups excluding carboxylic acids is 1. The summed E-state index contributed by atoms with van der Waals surface area (Å²) < 4.78 is 4.93. The summed E-state index contributed by atoms with van der Waals surface area (Å²) >= 11 is 5.76. The summed E-state index contributed by atoms with van der Waals surface area (Å²) in [6, 6.07) is 1.48. The molecule has 1 aromatic heterocycles. The second-order valence-electron chi connectivity index (χ2n) is 4.04. The molecule has 0 saturated carbocycles. The molecule has 0 fully saturated rings. The lowest BCUT2D eigenvalue weighted by molar-refractivity contribution is -0.116. The maximum Gasteiger partial charge on any atom is 0.234 e. The zero-order valence-corrected chi connectivity index (χ0v) is 10.9. The van der Waals surface area contributed by atoms with Crippen molar-refractivity contribution in [3.63, 3.8) is 0 Å². The Morgan fingerprint density at radius 2 is 2.24 bits per heavy atom. The molecule has 1 aromatic rings. The van der Waals surface area contributed by atoms with Crippen LogP contribution in [-0.4, -0.2) is 23.0 Å². The molecule has 5 nitrogen and oxygen atoms in total. The molecule has 0 unspecified atom stereocenters. The van der Waals surface area contributed by atoms with Crippen LogP contribution in [0.5, 0.6) is 5.88 Å². The van der Waals surface area contributed by atoms with Gasteiger partial charge in [-0.15, -0.1) is 0 Å². The Labute approximate surface area is 106 Å². The van der Waals surface area contributed by atoms with Gasteiger partial charge in [-0.1, -0.05) is 25.4 Å². The topological polar surface area (TPSA) is 64.1 Å². The Hall–Kier alpha value is -1.36. The van der Waals surface area contributed by atoms with Gasteiger partial charge in [0.2, 0.25) is 17.7 Å². The van der Waals surface area contributed by atoms with Crippen molar-refractivity contribution >= 4 is 23.5 Å². The Balaban J connectivity index is 2.61. The van der Waals surface area contributed by atoms with Gasteiger partial charge in [-0.25, -0.2) is 4.98 Å². The monoisotopic (exact) mass is 257 g/mol. The Kier molecular flexibility index (Phi) is 5.15. The first kappa shape index (κ1) is 13.7. The fourth-order valence-electron chi connectivity index (χ4n) is 1.16. The minimum atomic E-state index is -0.122. The molecule has 0 aliphatic carbocycles. The van der Waals surface area contributed by atoms with E-state index in [-0.39, 0.29) is 17.0 Å². The Bertz CT molecular complexity index is 396. The second-order valence-corrected chi connectivity index (χ2v) is 4.42. The van der Waals surface area contributed by atoms with Crippen molar-refractivity contribution in [3.05, 3.63) is 11.2 Å². The van der Waals surface area contributed by atoms with Crippen LogP contribution in [-0.2, 0) is 4.79 Å². The van der Waals surface area contributed by atoms with E-state index in [0.717, 1.165) is 6.42 Å². The number of aromatic nitrogens is 2. The van der Waals surface area contributed by atoms with E-state index < -0.39 is 0 Å². The summed E-state index contributed by atoms with van der Waals surface area (Å²) in [7, 11) is 1.48. The Morgan fingerprint density at radius 1 is 1.53 bits per heavy atom. The van der Waals surface area contributed by atoms with Crippen LogP contribution >= 0.6 is 11.6 Å². The third kappa shape index (κ3) is 4.99. The number of hydrogen-bond acceptors (Lipinski definition) is 4. The minimum Gasteiger partial charge on any atom is -0.481 e. The highest BCUT2D eigenvalue weighted by molar-refractivity contribution is 6.29. The molecular formula is C11H16ClN3O2. The Morgan fingerprint density at radius 3 is 2.82 bits per heavy atom. The summed E-state index contributed by atoms with van der Waals surface area (Å²) in [5, 5.41) is 2.82. The molecule has 1 amide bonds. The van der Waals surface area contributed by atoms with Gasteiger partial charge in [0.1, 0.15) is 5.15 Å². The summed E-state index contributed by atoms with van der Waals surface area (Å²) in [6.45, 7) is 4.12. The molecule has 1 rings (SSSR count). The zero-order valence-electron chi connectivity index (χ0n) is 10.2. The van der Waals surface area contributed by atoms with E-state index in [9.17, 15) is 4.79 Å². The van der Waals surface area contributed by atoms with Crippen LogP contribution in [0.1, 0.15) is 26.7 Å². The van der Waals surface area contributed by atoms with Crippen LogP contribution < -0.4 is 10.1 Å². The molecule has 0 aliphatic rings. The molecule has 1 heterocycles. The largest absolute Gasteiger partial charge is 0.481 e. The summed E-state index contributed by atoms with van der Waals surface area (Å²) in [5.41, 5.74) is 0. The van der Waals surface area contributed by atoms with Gasteiger partial charge in [0.05, 0.1) is 7.11 Å². The van der Waals surface area contributed by atoms with Gasteiger partial charge in [0.15, 0.2) is 0 Å². The molecular weight excluding hydrogens is 242 g/mol. The van der Waals surface area contributed by atoms with Crippen LogP contribution in [0.15, 0.2) is 6.07 Å². The number of nitrogens with one attached hydrogen (secondary N) is 1. The van der Waals surface area contributed by atoms with E-state index >= 15 is 0 Å². The quantitative estimate of drug-likeness (QED) is 0.824. The van der Waals surface area contributed by atoms with Gasteiger partial charge in [-0.3, -0.25) is 10.1 Å². The predicted molar refractivity (Wildman–Crippen MR) is 66.3 cm³/mol. The van der Waals surface area contributed by atoms with Crippen molar-refractivity contribution in [2.45, 2.75) is 26.7 Å². The molecule has 0 bridgehead atoms. The smallest absolute Gasteiger partial charge is 0.234 e. The van der Waals surface area contributed by atoms with E-state index in [2.05, 4.69) is 29.1 Å². The molecule has 0 spiro atoms. The van der Waals surface area contributed by atoms with Gasteiger partial charge < -0.3 is 4.74 Å². The van der Waals surface area contributed by atoms with Crippen molar-refractivity contribution in [2.75, 3.05) is 12.4 Å². The van der Waals surface area contributed by atoms with E-state index in [1.165, 1.54) is 13.2 Å². The number of rotatable bonds is 5. The molecule has 1 N–H and O–H groups in total. The highest BCUT2D eigenvalue weighted by Gasteiger charge is 2.08. The minimum absolute atomic E-state index is 0.122. The van der Waals surface area contributed by atoms with E-state index in [4.69, 9.17) is 16.3 Å². The van der Waals surface area contributed by atoms with Gasteiger partial charge in [-0.2, -0.15) is 4.98 Å². The molecule has 0 radical (unpaired) electrons. The average Bonchev–Trinajstić information content (AvgIpc) is 2.25. The van der Waals surface area contributed by atoms with E-state index in [0.29, 0.717) is 18.2 Å². The molecule has 6 heteroatoms. The maximum atomic E-state index is 11.6. The zero-order chi connectivity index (χ0) is 12.8. The van der Waals surface area contributed by atoms with Crippen molar-refractivity contribution in [1.82, 2.24) is 9.97 Å². The van der Waals surface area contributed by atoms with Gasteiger partial charge in [-0.05, 0) is 12.3 Å². The van der Waals surface area contributed by atoms with Crippen LogP contribution in [0, 0.1) is 5.92 Å². The predicted octanol–water partition coefficient (Wildman–Crippen LogP) is 2.51. The van der Waals surface area contributed by atoms with Crippen molar-refractivity contribution in [2.24, 2.45) is 5.92 Å².